The Labute approximate surface area is 127 Å². The fraction of sp³-hybridized carbons (Fsp3) is 0.647. The Morgan fingerprint density at radius 1 is 1.29 bits per heavy atom. The number of aryl methyl sites for hydroxylation is 1. The first-order valence-corrected chi connectivity index (χ1v) is 7.64. The number of phenols is 1. The molecule has 4 nitrogen and oxygen atoms in total. The maximum Gasteiger partial charge on any atom is 0.128 e. The van der Waals surface area contributed by atoms with Crippen molar-refractivity contribution in [1.29, 1.82) is 0 Å². The molecule has 0 spiro atoms. The molecule has 2 rings (SSSR count). The second-order valence-electron chi connectivity index (χ2n) is 6.41. The summed E-state index contributed by atoms with van der Waals surface area (Å²) >= 11 is 0. The van der Waals surface area contributed by atoms with Gasteiger partial charge in [-0.2, -0.15) is 5.48 Å². The first-order valence-electron chi connectivity index (χ1n) is 7.64. The Bertz CT molecular complexity index is 521. The first-order chi connectivity index (χ1) is 9.82. The molecule has 1 aromatic rings. The van der Waals surface area contributed by atoms with Crippen LogP contribution in [0.1, 0.15) is 57.7 Å². The largest absolute Gasteiger partial charge is 0.508 e. The van der Waals surface area contributed by atoms with Gasteiger partial charge in [-0.3, -0.25) is 0 Å². The molecule has 21 heavy (non-hydrogen) atoms. The molecule has 0 aromatic heterocycles. The zero-order chi connectivity index (χ0) is 15.8. The Morgan fingerprint density at radius 3 is 2.43 bits per heavy atom. The van der Waals surface area contributed by atoms with Crippen molar-refractivity contribution in [2.24, 2.45) is 5.41 Å². The van der Waals surface area contributed by atoms with Gasteiger partial charge in [-0.1, -0.05) is 13.8 Å². The topological polar surface area (TPSA) is 50.7 Å². The van der Waals surface area contributed by atoms with Gasteiger partial charge in [-0.25, -0.2) is 0 Å². The van der Waals surface area contributed by atoms with Crippen LogP contribution in [-0.2, 0) is 4.84 Å². The number of ether oxygens (including phenoxy) is 1. The van der Waals surface area contributed by atoms with Gasteiger partial charge in [-0.15, -0.1) is 0 Å². The van der Waals surface area contributed by atoms with Crippen molar-refractivity contribution >= 4 is 0 Å². The van der Waals surface area contributed by atoms with E-state index in [4.69, 9.17) is 9.57 Å². The van der Waals surface area contributed by atoms with Crippen LogP contribution in [0.25, 0.3) is 0 Å². The summed E-state index contributed by atoms with van der Waals surface area (Å²) in [7, 11) is 1.63. The highest BCUT2D eigenvalue weighted by molar-refractivity contribution is 5.50. The van der Waals surface area contributed by atoms with Gasteiger partial charge in [0.05, 0.1) is 13.2 Å². The summed E-state index contributed by atoms with van der Waals surface area (Å²) in [5, 5.41) is 9.98. The lowest BCUT2D eigenvalue weighted by molar-refractivity contribution is -0.117. The number of nitrogens with one attached hydrogen (secondary N) is 1. The molecule has 118 valence electrons. The number of benzene rings is 1. The van der Waals surface area contributed by atoms with Gasteiger partial charge in [-0.05, 0) is 51.3 Å². The highest BCUT2D eigenvalue weighted by atomic mass is 16.6. The van der Waals surface area contributed by atoms with E-state index in [1.807, 2.05) is 6.92 Å². The highest BCUT2D eigenvalue weighted by Gasteiger charge is 2.54. The van der Waals surface area contributed by atoms with Crippen molar-refractivity contribution in [3.05, 3.63) is 23.3 Å². The maximum absolute atomic E-state index is 9.98. The van der Waals surface area contributed by atoms with Gasteiger partial charge < -0.3 is 14.7 Å². The van der Waals surface area contributed by atoms with Crippen LogP contribution in [-0.4, -0.2) is 17.8 Å². The third kappa shape index (κ3) is 2.30. The fourth-order valence-electron chi connectivity index (χ4n) is 3.94. The van der Waals surface area contributed by atoms with Crippen molar-refractivity contribution in [1.82, 2.24) is 5.48 Å². The minimum absolute atomic E-state index is 0.0259. The molecule has 0 fully saturated rings. The number of hydroxylamine groups is 1. The van der Waals surface area contributed by atoms with Crippen LogP contribution >= 0.6 is 0 Å². The number of fused-ring (bicyclic) bond motifs is 1. The number of hydrogen-bond donors (Lipinski definition) is 2. The van der Waals surface area contributed by atoms with Gasteiger partial charge in [0.1, 0.15) is 17.1 Å². The van der Waals surface area contributed by atoms with E-state index in [0.29, 0.717) is 0 Å². The molecular formula is C17H27NO3. The molecule has 0 bridgehead atoms. The van der Waals surface area contributed by atoms with Crippen LogP contribution in [0.2, 0.25) is 0 Å². The lowest BCUT2D eigenvalue weighted by Gasteiger charge is -2.54. The normalized spacial score (nSPS) is 22.5. The molecule has 1 heterocycles. The summed E-state index contributed by atoms with van der Waals surface area (Å²) in [5.41, 5.74) is 4.62. The molecule has 2 N–H and O–H groups in total. The van der Waals surface area contributed by atoms with Gasteiger partial charge in [0, 0.05) is 11.0 Å². The SMILES string of the molecule is CCC1(CC)C(NOC)c2cc(O)cc(C)c2OC1(C)C. The van der Waals surface area contributed by atoms with Gasteiger partial charge >= 0.3 is 0 Å². The second-order valence-corrected chi connectivity index (χ2v) is 6.41. The summed E-state index contributed by atoms with van der Waals surface area (Å²) in [6.07, 6.45) is 1.90. The Balaban J connectivity index is 2.70. The van der Waals surface area contributed by atoms with Crippen molar-refractivity contribution in [2.75, 3.05) is 7.11 Å². The van der Waals surface area contributed by atoms with E-state index in [1.54, 1.807) is 19.2 Å². The summed E-state index contributed by atoms with van der Waals surface area (Å²) < 4.78 is 6.37. The van der Waals surface area contributed by atoms with E-state index in [2.05, 4.69) is 33.2 Å². The molecule has 1 atom stereocenters. The average Bonchev–Trinajstić information content (AvgIpc) is 2.41. The second kappa shape index (κ2) is 5.50. The van der Waals surface area contributed by atoms with Crippen molar-refractivity contribution in [3.8, 4) is 11.5 Å². The Hall–Kier alpha value is -1.26. The summed E-state index contributed by atoms with van der Waals surface area (Å²) in [6, 6.07) is 3.50. The Morgan fingerprint density at radius 2 is 1.90 bits per heavy atom. The van der Waals surface area contributed by atoms with Crippen LogP contribution in [0.15, 0.2) is 12.1 Å². The lowest BCUT2D eigenvalue weighted by atomic mass is 9.61. The third-order valence-corrected chi connectivity index (χ3v) is 5.21. The molecule has 0 saturated carbocycles. The van der Waals surface area contributed by atoms with Gasteiger partial charge in [0.2, 0.25) is 0 Å². The molecule has 0 aliphatic carbocycles. The predicted molar refractivity (Wildman–Crippen MR) is 83.5 cm³/mol. The monoisotopic (exact) mass is 293 g/mol. The van der Waals surface area contributed by atoms with E-state index >= 15 is 0 Å². The quantitative estimate of drug-likeness (QED) is 0.827. The van der Waals surface area contributed by atoms with Crippen LogP contribution in [0.5, 0.6) is 11.5 Å². The summed E-state index contributed by atoms with van der Waals surface area (Å²) in [4.78, 5) is 5.28. The van der Waals surface area contributed by atoms with Gasteiger partial charge in [0.15, 0.2) is 0 Å². The number of rotatable bonds is 4. The van der Waals surface area contributed by atoms with Crippen LogP contribution in [0.3, 0.4) is 0 Å². The number of phenolic OH excluding ortho intramolecular Hbond substituents is 1. The van der Waals surface area contributed by atoms with Gasteiger partial charge in [0.25, 0.3) is 0 Å². The molecule has 4 heteroatoms. The van der Waals surface area contributed by atoms with E-state index in [1.165, 1.54) is 0 Å². The molecule has 0 amide bonds. The van der Waals surface area contributed by atoms with Crippen LogP contribution < -0.4 is 10.2 Å². The number of hydrogen-bond acceptors (Lipinski definition) is 4. The van der Waals surface area contributed by atoms with Crippen molar-refractivity contribution in [3.63, 3.8) is 0 Å². The maximum atomic E-state index is 9.98. The first kappa shape index (κ1) is 16.1. The average molecular weight is 293 g/mol. The van der Waals surface area contributed by atoms with E-state index in [0.717, 1.165) is 29.7 Å². The van der Waals surface area contributed by atoms with E-state index < -0.39 is 0 Å². The minimum Gasteiger partial charge on any atom is -0.508 e. The van der Waals surface area contributed by atoms with E-state index in [-0.39, 0.29) is 22.8 Å². The summed E-state index contributed by atoms with van der Waals surface area (Å²) in [6.45, 7) is 10.6. The summed E-state index contributed by atoms with van der Waals surface area (Å²) in [5.74, 6) is 1.11. The van der Waals surface area contributed by atoms with Crippen LogP contribution in [0, 0.1) is 12.3 Å². The highest BCUT2D eigenvalue weighted by Crippen LogP contribution is 2.56. The molecule has 1 aliphatic heterocycles. The number of aromatic hydroxyl groups is 1. The molecule has 0 saturated heterocycles. The zero-order valence-corrected chi connectivity index (χ0v) is 13.9. The Kier molecular flexibility index (Phi) is 4.22. The van der Waals surface area contributed by atoms with E-state index in [9.17, 15) is 5.11 Å². The molecule has 1 aromatic carbocycles. The zero-order valence-electron chi connectivity index (χ0n) is 13.9. The molecule has 1 unspecified atom stereocenters. The fourth-order valence-corrected chi connectivity index (χ4v) is 3.94. The van der Waals surface area contributed by atoms with Crippen molar-refractivity contribution < 1.29 is 14.7 Å². The minimum atomic E-state index is -0.332. The van der Waals surface area contributed by atoms with Crippen molar-refractivity contribution in [2.45, 2.75) is 59.1 Å². The smallest absolute Gasteiger partial charge is 0.128 e. The third-order valence-electron chi connectivity index (χ3n) is 5.21. The molecule has 1 aliphatic rings. The lowest BCUT2D eigenvalue weighted by Crippen LogP contribution is -2.57. The standard InChI is InChI=1S/C17H27NO3/c1-7-17(8-2)15(18-20-6)13-10-12(19)9-11(3)14(13)21-16(17,4)5/h9-10,15,18-19H,7-8H2,1-6H3. The molecule has 0 radical (unpaired) electrons. The molecular weight excluding hydrogens is 266 g/mol. The van der Waals surface area contributed by atoms with Crippen LogP contribution in [0.4, 0.5) is 0 Å². The predicted octanol–water partition coefficient (Wildman–Crippen LogP) is 3.87.